The van der Waals surface area contributed by atoms with E-state index in [1.165, 1.54) is 6.07 Å². The number of carbonyl (C=O) groups is 1. The zero-order chi connectivity index (χ0) is 15.9. The first kappa shape index (κ1) is 17.6. The summed E-state index contributed by atoms with van der Waals surface area (Å²) in [5.41, 5.74) is 0.980. The molecule has 6 nitrogen and oxygen atoms in total. The molecule has 0 aromatic heterocycles. The lowest BCUT2D eigenvalue weighted by Gasteiger charge is -2.09. The summed E-state index contributed by atoms with van der Waals surface area (Å²) >= 11 is 0. The van der Waals surface area contributed by atoms with E-state index in [0.717, 1.165) is 12.8 Å². The number of methoxy groups -OCH3 is 1. The Balaban J connectivity index is 2.59. The molecular weight excluding hydrogens is 292 g/mol. The number of hydrogen-bond donors (Lipinski definition) is 2. The third-order valence-electron chi connectivity index (χ3n) is 2.92. The third-order valence-corrected chi connectivity index (χ3v) is 4.16. The molecule has 21 heavy (non-hydrogen) atoms. The fourth-order valence-corrected chi connectivity index (χ4v) is 2.80. The maximum absolute atomic E-state index is 12.0. The number of nitrogens with one attached hydrogen (secondary N) is 2. The standard InChI is InChI=1S/C14H22N2O4S/c1-11-4-5-12(10-13(11)21(3,18)19)14(17)16-7-6-15-8-9-20-2/h4-5,10,15H,6-9H2,1-3H3,(H,16,17). The van der Waals surface area contributed by atoms with Gasteiger partial charge in [-0.1, -0.05) is 6.07 Å². The van der Waals surface area contributed by atoms with Gasteiger partial charge in [-0.15, -0.1) is 0 Å². The lowest BCUT2D eigenvalue weighted by atomic mass is 10.1. The average molecular weight is 314 g/mol. The number of rotatable bonds is 8. The summed E-state index contributed by atoms with van der Waals surface area (Å²) in [7, 11) is -1.71. The van der Waals surface area contributed by atoms with Crippen molar-refractivity contribution < 1.29 is 17.9 Å². The van der Waals surface area contributed by atoms with Crippen LogP contribution in [-0.4, -0.2) is 53.9 Å². The van der Waals surface area contributed by atoms with E-state index in [1.54, 1.807) is 26.2 Å². The Hall–Kier alpha value is -1.44. The van der Waals surface area contributed by atoms with Crippen molar-refractivity contribution in [2.75, 3.05) is 39.6 Å². The Morgan fingerprint density at radius 3 is 2.57 bits per heavy atom. The van der Waals surface area contributed by atoms with E-state index in [-0.39, 0.29) is 10.8 Å². The lowest BCUT2D eigenvalue weighted by Crippen LogP contribution is -2.33. The summed E-state index contributed by atoms with van der Waals surface area (Å²) in [4.78, 5) is 12.2. The second-order valence-electron chi connectivity index (χ2n) is 4.75. The summed E-state index contributed by atoms with van der Waals surface area (Å²) in [6, 6.07) is 4.68. The summed E-state index contributed by atoms with van der Waals surface area (Å²) in [5.74, 6) is -0.284. The highest BCUT2D eigenvalue weighted by Crippen LogP contribution is 2.16. The molecule has 0 heterocycles. The van der Waals surface area contributed by atoms with Gasteiger partial charge >= 0.3 is 0 Å². The number of ether oxygens (including phenoxy) is 1. The number of sulfone groups is 1. The minimum absolute atomic E-state index is 0.188. The molecule has 0 unspecified atom stereocenters. The van der Waals surface area contributed by atoms with Crippen molar-refractivity contribution in [3.8, 4) is 0 Å². The largest absolute Gasteiger partial charge is 0.383 e. The molecule has 0 radical (unpaired) electrons. The van der Waals surface area contributed by atoms with Crippen molar-refractivity contribution in [2.24, 2.45) is 0 Å². The summed E-state index contributed by atoms with van der Waals surface area (Å²) < 4.78 is 28.2. The molecule has 118 valence electrons. The summed E-state index contributed by atoms with van der Waals surface area (Å²) in [6.07, 6.45) is 1.14. The van der Waals surface area contributed by atoms with Gasteiger partial charge in [0.25, 0.3) is 5.91 Å². The highest BCUT2D eigenvalue weighted by Gasteiger charge is 2.14. The van der Waals surface area contributed by atoms with Crippen molar-refractivity contribution in [3.63, 3.8) is 0 Å². The van der Waals surface area contributed by atoms with E-state index < -0.39 is 9.84 Å². The van der Waals surface area contributed by atoms with Crippen LogP contribution in [0.4, 0.5) is 0 Å². The maximum atomic E-state index is 12.0. The molecule has 1 amide bonds. The van der Waals surface area contributed by atoms with E-state index >= 15 is 0 Å². The second-order valence-corrected chi connectivity index (χ2v) is 6.74. The first-order valence-electron chi connectivity index (χ1n) is 6.65. The van der Waals surface area contributed by atoms with E-state index in [2.05, 4.69) is 10.6 Å². The van der Waals surface area contributed by atoms with Gasteiger partial charge in [-0.3, -0.25) is 4.79 Å². The number of amides is 1. The first-order chi connectivity index (χ1) is 9.86. The van der Waals surface area contributed by atoms with Crippen LogP contribution in [0.5, 0.6) is 0 Å². The SMILES string of the molecule is COCCNCCNC(=O)c1ccc(C)c(S(C)(=O)=O)c1. The van der Waals surface area contributed by atoms with Gasteiger partial charge in [-0.25, -0.2) is 8.42 Å². The van der Waals surface area contributed by atoms with Crippen molar-refractivity contribution in [1.82, 2.24) is 10.6 Å². The Kier molecular flexibility index (Phi) is 6.80. The van der Waals surface area contributed by atoms with Crippen molar-refractivity contribution in [1.29, 1.82) is 0 Å². The summed E-state index contributed by atoms with van der Waals surface area (Å²) in [5, 5.41) is 5.84. The van der Waals surface area contributed by atoms with Gasteiger partial charge in [0.05, 0.1) is 11.5 Å². The molecule has 2 N–H and O–H groups in total. The Morgan fingerprint density at radius 1 is 1.24 bits per heavy atom. The van der Waals surface area contributed by atoms with Gasteiger partial charge < -0.3 is 15.4 Å². The smallest absolute Gasteiger partial charge is 0.251 e. The predicted molar refractivity (Wildman–Crippen MR) is 81.4 cm³/mol. The molecule has 0 aliphatic heterocycles. The van der Waals surface area contributed by atoms with Gasteiger partial charge in [0.15, 0.2) is 9.84 Å². The molecule has 1 aromatic carbocycles. The Labute approximate surface area is 125 Å². The first-order valence-corrected chi connectivity index (χ1v) is 8.54. The Bertz CT molecular complexity index is 585. The predicted octanol–water partition coefficient (Wildman–Crippen LogP) is 0.364. The van der Waals surface area contributed by atoms with Crippen molar-refractivity contribution in [2.45, 2.75) is 11.8 Å². The molecular formula is C14H22N2O4S. The molecule has 0 spiro atoms. The van der Waals surface area contributed by atoms with Crippen LogP contribution in [-0.2, 0) is 14.6 Å². The van der Waals surface area contributed by atoms with Gasteiger partial charge in [0.2, 0.25) is 0 Å². The van der Waals surface area contributed by atoms with Crippen molar-refractivity contribution in [3.05, 3.63) is 29.3 Å². The number of hydrogen-bond acceptors (Lipinski definition) is 5. The van der Waals surface area contributed by atoms with Gasteiger partial charge in [-0.2, -0.15) is 0 Å². The van der Waals surface area contributed by atoms with Crippen LogP contribution in [0.2, 0.25) is 0 Å². The minimum atomic E-state index is -3.33. The van der Waals surface area contributed by atoms with Gasteiger partial charge in [-0.05, 0) is 24.6 Å². The van der Waals surface area contributed by atoms with Gasteiger partial charge in [0, 0.05) is 38.6 Å². The fraction of sp³-hybridized carbons (Fsp3) is 0.500. The lowest BCUT2D eigenvalue weighted by molar-refractivity contribution is 0.0953. The maximum Gasteiger partial charge on any atom is 0.251 e. The molecule has 0 atom stereocenters. The number of aryl methyl sites for hydroxylation is 1. The second kappa shape index (κ2) is 8.11. The van der Waals surface area contributed by atoms with Gasteiger partial charge in [0.1, 0.15) is 0 Å². The van der Waals surface area contributed by atoms with E-state index in [9.17, 15) is 13.2 Å². The fourth-order valence-electron chi connectivity index (χ4n) is 1.81. The molecule has 7 heteroatoms. The molecule has 1 rings (SSSR count). The molecule has 0 aliphatic rings. The average Bonchev–Trinajstić information content (AvgIpc) is 2.41. The van der Waals surface area contributed by atoms with E-state index in [4.69, 9.17) is 4.74 Å². The molecule has 0 aliphatic carbocycles. The molecule has 1 aromatic rings. The molecule has 0 saturated heterocycles. The quantitative estimate of drug-likeness (QED) is 0.677. The highest BCUT2D eigenvalue weighted by molar-refractivity contribution is 7.90. The number of benzene rings is 1. The van der Waals surface area contributed by atoms with Crippen LogP contribution in [0, 0.1) is 6.92 Å². The third kappa shape index (κ3) is 5.82. The van der Waals surface area contributed by atoms with Crippen LogP contribution in [0.25, 0.3) is 0 Å². The zero-order valence-corrected chi connectivity index (χ0v) is 13.4. The molecule has 0 bridgehead atoms. The zero-order valence-electron chi connectivity index (χ0n) is 12.6. The van der Waals surface area contributed by atoms with Crippen LogP contribution in [0.3, 0.4) is 0 Å². The van der Waals surface area contributed by atoms with Crippen LogP contribution in [0.1, 0.15) is 15.9 Å². The van der Waals surface area contributed by atoms with Crippen LogP contribution in [0.15, 0.2) is 23.1 Å². The monoisotopic (exact) mass is 314 g/mol. The molecule has 0 fully saturated rings. The van der Waals surface area contributed by atoms with Crippen LogP contribution < -0.4 is 10.6 Å². The Morgan fingerprint density at radius 2 is 1.95 bits per heavy atom. The summed E-state index contributed by atoms with van der Waals surface area (Å²) in [6.45, 7) is 4.13. The van der Waals surface area contributed by atoms with E-state index in [1.807, 2.05) is 0 Å². The highest BCUT2D eigenvalue weighted by atomic mass is 32.2. The minimum Gasteiger partial charge on any atom is -0.383 e. The normalized spacial score (nSPS) is 11.4. The molecule has 0 saturated carbocycles. The van der Waals surface area contributed by atoms with Crippen LogP contribution >= 0.6 is 0 Å². The number of carbonyl (C=O) groups excluding carboxylic acids is 1. The van der Waals surface area contributed by atoms with Crippen molar-refractivity contribution >= 4 is 15.7 Å². The van der Waals surface area contributed by atoms with E-state index in [0.29, 0.717) is 30.8 Å². The topological polar surface area (TPSA) is 84.5 Å².